The van der Waals surface area contributed by atoms with Crippen molar-refractivity contribution in [2.45, 2.75) is 50.5 Å². The van der Waals surface area contributed by atoms with E-state index in [1.807, 2.05) is 107 Å². The van der Waals surface area contributed by atoms with Gasteiger partial charge in [0.1, 0.15) is 18.4 Å². The lowest BCUT2D eigenvalue weighted by molar-refractivity contribution is -0.144. The van der Waals surface area contributed by atoms with Crippen molar-refractivity contribution in [1.82, 2.24) is 5.32 Å². The number of carbonyl (C=O) groups is 1. The van der Waals surface area contributed by atoms with E-state index < -0.39 is 35.9 Å². The number of hydrogen-bond acceptors (Lipinski definition) is 6. The molecule has 0 radical (unpaired) electrons. The number of methoxy groups -OCH3 is 1. The van der Waals surface area contributed by atoms with E-state index in [0.29, 0.717) is 5.75 Å². The first-order valence-corrected chi connectivity index (χ1v) is 14.3. The van der Waals surface area contributed by atoms with Gasteiger partial charge in [-0.15, -0.1) is 0 Å². The average Bonchev–Trinajstić information content (AvgIpc) is 3.24. The highest BCUT2D eigenvalue weighted by Gasteiger charge is 2.51. The molecule has 0 aromatic heterocycles. The Morgan fingerprint density at radius 3 is 1.57 bits per heavy atom. The molecule has 1 saturated heterocycles. The summed E-state index contributed by atoms with van der Waals surface area (Å²) < 4.78 is 23.8. The maximum absolute atomic E-state index is 13.3. The van der Waals surface area contributed by atoms with Crippen molar-refractivity contribution in [2.75, 3.05) is 13.7 Å². The summed E-state index contributed by atoms with van der Waals surface area (Å²) in [7, 11) is 0.933. The Morgan fingerprint density at radius 1 is 0.738 bits per heavy atom. The van der Waals surface area contributed by atoms with Gasteiger partial charge in [0.2, 0.25) is 0 Å². The van der Waals surface area contributed by atoms with Gasteiger partial charge in [0.25, 0.3) is 0 Å². The first-order chi connectivity index (χ1) is 20.2. The lowest BCUT2D eigenvalue weighted by Gasteiger charge is -2.39. The lowest BCUT2D eigenvalue weighted by Crippen LogP contribution is -2.55. The van der Waals surface area contributed by atoms with Crippen molar-refractivity contribution in [3.63, 3.8) is 0 Å². The van der Waals surface area contributed by atoms with Gasteiger partial charge in [-0.3, -0.25) is 10.1 Å². The molecule has 1 aliphatic heterocycles. The number of hydrogen-bond donors (Lipinski definition) is 1. The summed E-state index contributed by atoms with van der Waals surface area (Å²) in [5.41, 5.74) is 2.17. The van der Waals surface area contributed by atoms with Gasteiger partial charge in [-0.05, 0) is 62.0 Å². The van der Waals surface area contributed by atoms with Crippen LogP contribution in [0.15, 0.2) is 115 Å². The van der Waals surface area contributed by atoms with Gasteiger partial charge in [-0.25, -0.2) is 0 Å². The van der Waals surface area contributed by atoms with Crippen LogP contribution in [0.4, 0.5) is 0 Å². The number of benzene rings is 4. The number of nitrogens with one attached hydrogen (secondary N) is 1. The van der Waals surface area contributed by atoms with Gasteiger partial charge >= 0.3 is 13.1 Å². The van der Waals surface area contributed by atoms with Crippen molar-refractivity contribution >= 4 is 18.6 Å². The van der Waals surface area contributed by atoms with Gasteiger partial charge < -0.3 is 18.8 Å². The first kappa shape index (κ1) is 29.6. The fourth-order valence-electron chi connectivity index (χ4n) is 5.27. The molecule has 1 aliphatic rings. The minimum Gasteiger partial charge on any atom is -0.491 e. The van der Waals surface area contributed by atoms with Gasteiger partial charge in [-0.1, -0.05) is 103 Å². The molecule has 7 heteroatoms. The zero-order valence-corrected chi connectivity index (χ0v) is 24.9. The minimum absolute atomic E-state index is 0.0523. The molecule has 42 heavy (non-hydrogen) atoms. The molecule has 4 aromatic rings. The zero-order chi connectivity index (χ0) is 29.8. The molecule has 1 fully saturated rings. The third-order valence-corrected chi connectivity index (χ3v) is 8.32. The molecule has 4 aromatic carbocycles. The highest BCUT2D eigenvalue weighted by molar-refractivity contribution is 6.62. The van der Waals surface area contributed by atoms with Crippen LogP contribution in [-0.4, -0.2) is 44.0 Å². The smallest absolute Gasteiger partial charge is 0.491 e. The number of rotatable bonds is 10. The van der Waals surface area contributed by atoms with Crippen LogP contribution >= 0.6 is 0 Å². The quantitative estimate of drug-likeness (QED) is 0.157. The maximum Gasteiger partial charge on any atom is 0.494 e. The van der Waals surface area contributed by atoms with Crippen LogP contribution in [0.1, 0.15) is 44.4 Å². The second-order valence-corrected chi connectivity index (χ2v) is 11.5. The van der Waals surface area contributed by atoms with E-state index in [4.69, 9.17) is 18.8 Å². The normalized spacial score (nSPS) is 16.5. The molecule has 0 amide bonds. The average molecular weight is 564 g/mol. The van der Waals surface area contributed by atoms with Crippen LogP contribution in [0.2, 0.25) is 0 Å². The third kappa shape index (κ3) is 5.86. The Bertz CT molecular complexity index is 1350. The Labute approximate surface area is 249 Å². The van der Waals surface area contributed by atoms with Crippen LogP contribution in [0.3, 0.4) is 0 Å². The van der Waals surface area contributed by atoms with Crippen LogP contribution in [0.25, 0.3) is 0 Å². The monoisotopic (exact) mass is 563 g/mol. The van der Waals surface area contributed by atoms with Gasteiger partial charge in [-0.2, -0.15) is 0 Å². The summed E-state index contributed by atoms with van der Waals surface area (Å²) in [6, 6.07) is 37.2. The fourth-order valence-corrected chi connectivity index (χ4v) is 5.27. The van der Waals surface area contributed by atoms with Gasteiger partial charge in [0, 0.05) is 0 Å². The van der Waals surface area contributed by atoms with E-state index in [-0.39, 0.29) is 6.61 Å². The summed E-state index contributed by atoms with van der Waals surface area (Å²) in [5, 5.41) is 3.67. The van der Waals surface area contributed by atoms with Gasteiger partial charge in [0.15, 0.2) is 0 Å². The number of ether oxygens (including phenoxy) is 2. The summed E-state index contributed by atoms with van der Waals surface area (Å²) in [6.07, 6.45) is 0. The van der Waals surface area contributed by atoms with Crippen molar-refractivity contribution in [3.8, 4) is 5.75 Å². The predicted molar refractivity (Wildman–Crippen MR) is 166 cm³/mol. The minimum atomic E-state index is -0.855. The molecule has 0 unspecified atom stereocenters. The van der Waals surface area contributed by atoms with E-state index in [1.54, 1.807) is 0 Å². The zero-order valence-electron chi connectivity index (χ0n) is 24.9. The first-order valence-electron chi connectivity index (χ1n) is 14.3. The summed E-state index contributed by atoms with van der Waals surface area (Å²) in [6.45, 7) is 8.18. The van der Waals surface area contributed by atoms with Crippen molar-refractivity contribution in [2.24, 2.45) is 0 Å². The van der Waals surface area contributed by atoms with Crippen LogP contribution in [0, 0.1) is 0 Å². The number of esters is 1. The summed E-state index contributed by atoms with van der Waals surface area (Å²) in [5.74, 6) is 0.201. The number of carbonyl (C=O) groups excluding carboxylic acids is 1. The lowest BCUT2D eigenvalue weighted by atomic mass is 9.76. The Kier molecular flexibility index (Phi) is 8.55. The molecule has 1 N–H and O–H groups in total. The maximum atomic E-state index is 13.3. The molecule has 0 aliphatic carbocycles. The second kappa shape index (κ2) is 12.1. The van der Waals surface area contributed by atoms with E-state index in [2.05, 4.69) is 41.7 Å². The Hall–Kier alpha value is -3.91. The molecule has 1 heterocycles. The summed E-state index contributed by atoms with van der Waals surface area (Å²) in [4.78, 5) is 13.3. The Morgan fingerprint density at radius 2 is 1.17 bits per heavy atom. The Balaban J connectivity index is 1.44. The highest BCUT2D eigenvalue weighted by Crippen LogP contribution is 2.38. The molecule has 6 nitrogen and oxygen atoms in total. The molecular formula is C35H38BNO5. The molecular weight excluding hydrogens is 525 g/mol. The summed E-state index contributed by atoms with van der Waals surface area (Å²) >= 11 is 0. The molecule has 216 valence electrons. The second-order valence-electron chi connectivity index (χ2n) is 11.5. The van der Waals surface area contributed by atoms with E-state index in [1.165, 1.54) is 7.11 Å². The molecule has 0 spiro atoms. The van der Waals surface area contributed by atoms with Gasteiger partial charge in [0.05, 0.1) is 23.9 Å². The van der Waals surface area contributed by atoms with Crippen LogP contribution in [-0.2, 0) is 24.4 Å². The van der Waals surface area contributed by atoms with E-state index in [0.717, 1.165) is 22.2 Å². The van der Waals surface area contributed by atoms with E-state index in [9.17, 15) is 4.79 Å². The van der Waals surface area contributed by atoms with Crippen molar-refractivity contribution in [3.05, 3.63) is 132 Å². The van der Waals surface area contributed by atoms with Crippen molar-refractivity contribution < 1.29 is 23.6 Å². The third-order valence-electron chi connectivity index (χ3n) is 8.32. The highest BCUT2D eigenvalue weighted by atomic mass is 16.7. The molecule has 1 atom stereocenters. The molecule has 0 saturated carbocycles. The van der Waals surface area contributed by atoms with Crippen molar-refractivity contribution in [1.29, 1.82) is 0 Å². The topological polar surface area (TPSA) is 66.0 Å². The molecule has 0 bridgehead atoms. The SMILES string of the molecule is COC(=O)[C@H](COc1ccc(B2OC(C)(C)C(C)(C)O2)cc1)NC(c1ccccc1)(c1ccccc1)c1ccccc1. The fraction of sp³-hybridized carbons (Fsp3) is 0.286. The largest absolute Gasteiger partial charge is 0.494 e. The van der Waals surface area contributed by atoms with Crippen LogP contribution < -0.4 is 15.5 Å². The van der Waals surface area contributed by atoms with E-state index >= 15 is 0 Å². The predicted octanol–water partition coefficient (Wildman–Crippen LogP) is 5.49. The molecule has 5 rings (SSSR count). The standard InChI is InChI=1S/C35H38BNO5/c1-33(2)34(3,4)42-36(41-33)29-21-23-30(24-22-29)40-25-31(32(38)39-5)37-35(26-15-9-6-10-16-26,27-17-11-7-12-18-27)28-19-13-8-14-20-28/h6-24,31,37H,25H2,1-5H3/t31-/m0/s1. The van der Waals surface area contributed by atoms with Crippen LogP contribution in [0.5, 0.6) is 5.75 Å².